The van der Waals surface area contributed by atoms with Gasteiger partial charge in [0, 0.05) is 26.3 Å². The average Bonchev–Trinajstić information content (AvgIpc) is 2.29. The molecule has 0 aliphatic heterocycles. The van der Waals surface area contributed by atoms with E-state index in [9.17, 15) is 4.79 Å². The van der Waals surface area contributed by atoms with E-state index < -0.39 is 0 Å². The molecule has 1 N–H and O–H groups in total. The van der Waals surface area contributed by atoms with E-state index in [0.717, 1.165) is 0 Å². The number of hydrogen-bond donors (Lipinski definition) is 1. The minimum absolute atomic E-state index is 0.204. The number of aromatic nitrogens is 2. The molecule has 0 saturated heterocycles. The van der Waals surface area contributed by atoms with Gasteiger partial charge >= 0.3 is 0 Å². The summed E-state index contributed by atoms with van der Waals surface area (Å²) in [6.45, 7) is 1.67. The first-order valence-electron chi connectivity index (χ1n) is 4.93. The summed E-state index contributed by atoms with van der Waals surface area (Å²) in [6.07, 6.45) is 1.74. The smallest absolute Gasteiger partial charge is 0.252 e. The quantitative estimate of drug-likeness (QED) is 0.740. The highest BCUT2D eigenvalue weighted by Crippen LogP contribution is 2.06. The van der Waals surface area contributed by atoms with Gasteiger partial charge in [0.05, 0.1) is 25.4 Å². The minimum Gasteiger partial charge on any atom is -0.383 e. The predicted molar refractivity (Wildman–Crippen MR) is 59.2 cm³/mol. The van der Waals surface area contributed by atoms with Crippen molar-refractivity contribution < 1.29 is 4.74 Å². The molecule has 6 nitrogen and oxygen atoms in total. The third-order valence-electron chi connectivity index (χ3n) is 2.05. The van der Waals surface area contributed by atoms with E-state index in [0.29, 0.717) is 31.9 Å². The van der Waals surface area contributed by atoms with Crippen LogP contribution in [0.4, 0.5) is 5.82 Å². The number of nitrogens with one attached hydrogen (secondary N) is 1. The van der Waals surface area contributed by atoms with Crippen LogP contribution in [-0.2, 0) is 4.74 Å². The Hall–Kier alpha value is -1.87. The molecule has 1 rings (SSSR count). The van der Waals surface area contributed by atoms with Gasteiger partial charge in [0.25, 0.3) is 5.56 Å². The van der Waals surface area contributed by atoms with Crippen LogP contribution in [0, 0.1) is 11.3 Å². The highest BCUT2D eigenvalue weighted by atomic mass is 16.5. The summed E-state index contributed by atoms with van der Waals surface area (Å²) in [5, 5.41) is 8.55. The van der Waals surface area contributed by atoms with Crippen molar-refractivity contribution in [1.29, 1.82) is 5.26 Å². The number of aromatic amines is 1. The summed E-state index contributed by atoms with van der Waals surface area (Å²) < 4.78 is 4.97. The first-order chi connectivity index (χ1) is 7.77. The van der Waals surface area contributed by atoms with Crippen molar-refractivity contribution in [3.63, 3.8) is 0 Å². The molecule has 86 valence electrons. The first kappa shape index (κ1) is 12.2. The van der Waals surface area contributed by atoms with Crippen LogP contribution < -0.4 is 10.5 Å². The van der Waals surface area contributed by atoms with E-state index in [-0.39, 0.29) is 5.56 Å². The average molecular weight is 222 g/mol. The van der Waals surface area contributed by atoms with Crippen molar-refractivity contribution in [2.24, 2.45) is 0 Å². The zero-order chi connectivity index (χ0) is 11.8. The van der Waals surface area contributed by atoms with Gasteiger partial charge in [0.1, 0.15) is 5.82 Å². The van der Waals surface area contributed by atoms with E-state index >= 15 is 0 Å². The molecule has 1 aromatic heterocycles. The van der Waals surface area contributed by atoms with E-state index in [2.05, 4.69) is 16.0 Å². The minimum atomic E-state index is -0.204. The second kappa shape index (κ2) is 6.58. The lowest BCUT2D eigenvalue weighted by molar-refractivity contribution is 0.205. The Bertz CT molecular complexity index is 410. The number of nitriles is 1. The maximum Gasteiger partial charge on any atom is 0.252 e. The highest BCUT2D eigenvalue weighted by Gasteiger charge is 2.07. The van der Waals surface area contributed by atoms with Crippen molar-refractivity contribution in [1.82, 2.24) is 9.97 Å². The number of ether oxygens (including phenoxy) is 1. The number of nitrogens with zero attached hydrogens (tertiary/aromatic N) is 3. The van der Waals surface area contributed by atoms with Crippen LogP contribution in [0.1, 0.15) is 6.42 Å². The number of methoxy groups -OCH3 is 1. The molecule has 0 bridgehead atoms. The lowest BCUT2D eigenvalue weighted by Crippen LogP contribution is -2.30. The molecule has 0 atom stereocenters. The van der Waals surface area contributed by atoms with Gasteiger partial charge in [-0.2, -0.15) is 5.26 Å². The van der Waals surface area contributed by atoms with E-state index in [1.807, 2.05) is 4.90 Å². The van der Waals surface area contributed by atoms with Gasteiger partial charge in [-0.05, 0) is 0 Å². The topological polar surface area (TPSA) is 82.0 Å². The molecule has 0 radical (unpaired) electrons. The fraction of sp³-hybridized carbons (Fsp3) is 0.500. The summed E-state index contributed by atoms with van der Waals surface area (Å²) in [5.74, 6) is 0.566. The molecule has 0 aromatic carbocycles. The molecule has 0 saturated carbocycles. The lowest BCUT2D eigenvalue weighted by atomic mass is 10.4. The van der Waals surface area contributed by atoms with E-state index in [1.54, 1.807) is 7.11 Å². The zero-order valence-electron chi connectivity index (χ0n) is 9.14. The Balaban J connectivity index is 2.74. The Morgan fingerprint density at radius 3 is 3.06 bits per heavy atom. The second-order valence-corrected chi connectivity index (χ2v) is 3.16. The summed E-state index contributed by atoms with van der Waals surface area (Å²) in [5.41, 5.74) is -0.204. The monoisotopic (exact) mass is 222 g/mol. The molecule has 0 fully saturated rings. The Kier molecular flexibility index (Phi) is 5.02. The molecule has 6 heteroatoms. The molecule has 0 unspecified atom stereocenters. The normalized spacial score (nSPS) is 9.75. The van der Waals surface area contributed by atoms with Gasteiger partial charge in [0.2, 0.25) is 0 Å². The number of anilines is 1. The largest absolute Gasteiger partial charge is 0.383 e. The van der Waals surface area contributed by atoms with Crippen LogP contribution in [0.3, 0.4) is 0 Å². The van der Waals surface area contributed by atoms with Gasteiger partial charge in [-0.3, -0.25) is 4.79 Å². The van der Waals surface area contributed by atoms with E-state index in [1.165, 1.54) is 12.4 Å². The Morgan fingerprint density at radius 2 is 2.44 bits per heavy atom. The molecular formula is C10H14N4O2. The van der Waals surface area contributed by atoms with Crippen molar-refractivity contribution >= 4 is 5.82 Å². The third-order valence-corrected chi connectivity index (χ3v) is 2.05. The van der Waals surface area contributed by atoms with Gasteiger partial charge in [-0.1, -0.05) is 0 Å². The van der Waals surface area contributed by atoms with Crippen molar-refractivity contribution in [2.75, 3.05) is 31.7 Å². The van der Waals surface area contributed by atoms with Crippen LogP contribution in [0.15, 0.2) is 17.2 Å². The fourth-order valence-electron chi connectivity index (χ4n) is 1.26. The first-order valence-corrected chi connectivity index (χ1v) is 4.93. The fourth-order valence-corrected chi connectivity index (χ4v) is 1.26. The number of hydrogen-bond acceptors (Lipinski definition) is 5. The summed E-state index contributed by atoms with van der Waals surface area (Å²) in [4.78, 5) is 19.5. The number of rotatable bonds is 6. The molecule has 0 aliphatic rings. The molecule has 0 amide bonds. The second-order valence-electron chi connectivity index (χ2n) is 3.16. The molecule has 1 aromatic rings. The van der Waals surface area contributed by atoms with Crippen LogP contribution in [0.2, 0.25) is 0 Å². The summed E-state index contributed by atoms with van der Waals surface area (Å²) in [7, 11) is 1.60. The van der Waals surface area contributed by atoms with Crippen molar-refractivity contribution in [3.8, 4) is 6.07 Å². The molecule has 0 spiro atoms. The van der Waals surface area contributed by atoms with Crippen LogP contribution in [0.25, 0.3) is 0 Å². The van der Waals surface area contributed by atoms with Crippen molar-refractivity contribution in [2.45, 2.75) is 6.42 Å². The molecular weight excluding hydrogens is 208 g/mol. The van der Waals surface area contributed by atoms with Crippen LogP contribution in [0.5, 0.6) is 0 Å². The van der Waals surface area contributed by atoms with Crippen molar-refractivity contribution in [3.05, 3.63) is 22.7 Å². The predicted octanol–water partition coefficient (Wildman–Crippen LogP) is 0.136. The molecule has 0 aliphatic carbocycles. The Morgan fingerprint density at radius 1 is 1.62 bits per heavy atom. The third kappa shape index (κ3) is 3.71. The van der Waals surface area contributed by atoms with Gasteiger partial charge in [-0.15, -0.1) is 0 Å². The van der Waals surface area contributed by atoms with Gasteiger partial charge in [-0.25, -0.2) is 4.98 Å². The Labute approximate surface area is 93.5 Å². The summed E-state index contributed by atoms with van der Waals surface area (Å²) in [6, 6.07) is 3.47. The summed E-state index contributed by atoms with van der Waals surface area (Å²) >= 11 is 0. The molecule has 1 heterocycles. The van der Waals surface area contributed by atoms with Crippen LogP contribution >= 0.6 is 0 Å². The molecule has 16 heavy (non-hydrogen) atoms. The van der Waals surface area contributed by atoms with Crippen LogP contribution in [-0.4, -0.2) is 36.8 Å². The van der Waals surface area contributed by atoms with Gasteiger partial charge < -0.3 is 14.6 Å². The zero-order valence-corrected chi connectivity index (χ0v) is 9.14. The standard InChI is InChI=1S/C10H14N4O2/c1-16-6-5-14(4-2-3-11)9-7-10(15)13-8-12-9/h7-8H,2,4-6H2,1H3,(H,12,13,15). The van der Waals surface area contributed by atoms with E-state index in [4.69, 9.17) is 10.00 Å². The maximum absolute atomic E-state index is 11.1. The maximum atomic E-state index is 11.1. The lowest BCUT2D eigenvalue weighted by Gasteiger charge is -2.21. The van der Waals surface area contributed by atoms with Gasteiger partial charge in [0.15, 0.2) is 0 Å². The number of H-pyrrole nitrogens is 1. The SMILES string of the molecule is COCCN(CCC#N)c1cc(=O)[nH]cn1. The highest BCUT2D eigenvalue weighted by molar-refractivity contribution is 5.36.